The molecule has 2 rings (SSSR count). The first-order valence-corrected chi connectivity index (χ1v) is 7.30. The molecule has 0 saturated carbocycles. The third-order valence-electron chi connectivity index (χ3n) is 3.07. The Balaban J connectivity index is 1.97. The molecule has 5 heteroatoms. The van der Waals surface area contributed by atoms with Crippen molar-refractivity contribution in [3.63, 3.8) is 0 Å². The highest BCUT2D eigenvalue weighted by atomic mass is 16.5. The zero-order valence-corrected chi connectivity index (χ0v) is 12.7. The zero-order chi connectivity index (χ0) is 16.5. The van der Waals surface area contributed by atoms with Crippen LogP contribution >= 0.6 is 0 Å². The average molecular weight is 316 g/mol. The SMILES string of the molecule is OCCOCCOc1cc(/C=C/c2ccc(O)cc2)ccc1O. The van der Waals surface area contributed by atoms with Crippen LogP contribution in [0.1, 0.15) is 11.1 Å². The zero-order valence-electron chi connectivity index (χ0n) is 12.7. The maximum atomic E-state index is 9.80. The summed E-state index contributed by atoms with van der Waals surface area (Å²) in [5, 5.41) is 27.7. The predicted molar refractivity (Wildman–Crippen MR) is 88.5 cm³/mol. The van der Waals surface area contributed by atoms with Crippen LogP contribution in [0.25, 0.3) is 12.2 Å². The smallest absolute Gasteiger partial charge is 0.161 e. The van der Waals surface area contributed by atoms with E-state index in [0.717, 1.165) is 11.1 Å². The Morgan fingerprint density at radius 1 is 0.826 bits per heavy atom. The van der Waals surface area contributed by atoms with Crippen LogP contribution in [0.4, 0.5) is 0 Å². The van der Waals surface area contributed by atoms with Crippen LogP contribution in [0.3, 0.4) is 0 Å². The Morgan fingerprint density at radius 3 is 2.26 bits per heavy atom. The highest BCUT2D eigenvalue weighted by Crippen LogP contribution is 2.27. The molecule has 0 spiro atoms. The third-order valence-corrected chi connectivity index (χ3v) is 3.07. The first-order valence-electron chi connectivity index (χ1n) is 7.30. The first kappa shape index (κ1) is 16.9. The predicted octanol–water partition coefficient (Wildman–Crippen LogP) is 2.66. The van der Waals surface area contributed by atoms with Gasteiger partial charge in [-0.15, -0.1) is 0 Å². The van der Waals surface area contributed by atoms with Gasteiger partial charge in [0.05, 0.1) is 19.8 Å². The van der Waals surface area contributed by atoms with Crippen molar-refractivity contribution < 1.29 is 24.8 Å². The van der Waals surface area contributed by atoms with Crippen molar-refractivity contribution in [2.24, 2.45) is 0 Å². The number of phenolic OH excluding ortho intramolecular Hbond substituents is 2. The average Bonchev–Trinajstić information content (AvgIpc) is 2.56. The standard InChI is InChI=1S/C18H20O5/c19-9-10-22-11-12-23-18-13-15(5-8-17(18)21)2-1-14-3-6-16(20)7-4-14/h1-8,13,19-21H,9-12H2/b2-1+. The minimum absolute atomic E-state index is 0.0250. The van der Waals surface area contributed by atoms with Gasteiger partial charge in [-0.05, 0) is 35.4 Å². The van der Waals surface area contributed by atoms with E-state index in [1.54, 1.807) is 30.3 Å². The van der Waals surface area contributed by atoms with Gasteiger partial charge in [-0.3, -0.25) is 0 Å². The van der Waals surface area contributed by atoms with E-state index in [0.29, 0.717) is 19.0 Å². The molecule has 2 aromatic rings. The number of aromatic hydroxyl groups is 2. The second kappa shape index (κ2) is 8.82. The summed E-state index contributed by atoms with van der Waals surface area (Å²) >= 11 is 0. The minimum Gasteiger partial charge on any atom is -0.508 e. The molecule has 0 bridgehead atoms. The number of aliphatic hydroxyl groups excluding tert-OH is 1. The normalized spacial score (nSPS) is 11.0. The topological polar surface area (TPSA) is 79.2 Å². The Bertz CT molecular complexity index is 634. The molecule has 0 aliphatic carbocycles. The lowest BCUT2D eigenvalue weighted by molar-refractivity contribution is 0.0699. The van der Waals surface area contributed by atoms with E-state index < -0.39 is 0 Å². The molecule has 0 amide bonds. The largest absolute Gasteiger partial charge is 0.508 e. The van der Waals surface area contributed by atoms with Gasteiger partial charge in [-0.25, -0.2) is 0 Å². The van der Waals surface area contributed by atoms with Gasteiger partial charge in [0.2, 0.25) is 0 Å². The molecule has 5 nitrogen and oxygen atoms in total. The van der Waals surface area contributed by atoms with Gasteiger partial charge in [0, 0.05) is 0 Å². The summed E-state index contributed by atoms with van der Waals surface area (Å²) in [4.78, 5) is 0. The van der Waals surface area contributed by atoms with Crippen LogP contribution in [0.15, 0.2) is 42.5 Å². The fourth-order valence-electron chi connectivity index (χ4n) is 1.91. The lowest BCUT2D eigenvalue weighted by Gasteiger charge is -2.09. The van der Waals surface area contributed by atoms with Crippen molar-refractivity contribution in [2.75, 3.05) is 26.4 Å². The van der Waals surface area contributed by atoms with E-state index in [-0.39, 0.29) is 24.7 Å². The monoisotopic (exact) mass is 316 g/mol. The van der Waals surface area contributed by atoms with Crippen LogP contribution in [-0.4, -0.2) is 41.7 Å². The van der Waals surface area contributed by atoms with E-state index in [1.807, 2.05) is 24.3 Å². The maximum absolute atomic E-state index is 9.80. The van der Waals surface area contributed by atoms with Crippen LogP contribution in [0, 0.1) is 0 Å². The molecule has 0 unspecified atom stereocenters. The van der Waals surface area contributed by atoms with Crippen molar-refractivity contribution in [1.29, 1.82) is 0 Å². The second-order valence-corrected chi connectivity index (χ2v) is 4.84. The van der Waals surface area contributed by atoms with Gasteiger partial charge in [-0.2, -0.15) is 0 Å². The Morgan fingerprint density at radius 2 is 1.52 bits per heavy atom. The molecule has 0 aromatic heterocycles. The summed E-state index contributed by atoms with van der Waals surface area (Å²) < 4.78 is 10.6. The quantitative estimate of drug-likeness (QED) is 0.515. The van der Waals surface area contributed by atoms with Crippen LogP contribution in [0.5, 0.6) is 17.2 Å². The van der Waals surface area contributed by atoms with Gasteiger partial charge in [0.25, 0.3) is 0 Å². The van der Waals surface area contributed by atoms with E-state index in [4.69, 9.17) is 14.6 Å². The van der Waals surface area contributed by atoms with Gasteiger partial charge < -0.3 is 24.8 Å². The van der Waals surface area contributed by atoms with E-state index in [9.17, 15) is 10.2 Å². The van der Waals surface area contributed by atoms with E-state index in [1.165, 1.54) is 0 Å². The molecule has 0 radical (unpaired) electrons. The summed E-state index contributed by atoms with van der Waals surface area (Å²) in [7, 11) is 0. The summed E-state index contributed by atoms with van der Waals surface area (Å²) in [6, 6.07) is 11.9. The molecule has 0 saturated heterocycles. The molecular weight excluding hydrogens is 296 g/mol. The highest BCUT2D eigenvalue weighted by Gasteiger charge is 2.03. The molecule has 0 aliphatic rings. The lowest BCUT2D eigenvalue weighted by Crippen LogP contribution is -2.09. The first-order chi connectivity index (χ1) is 11.2. The highest BCUT2D eigenvalue weighted by molar-refractivity contribution is 5.71. The number of aliphatic hydroxyl groups is 1. The van der Waals surface area contributed by atoms with Crippen LogP contribution in [-0.2, 0) is 4.74 Å². The Labute approximate surface area is 135 Å². The molecule has 23 heavy (non-hydrogen) atoms. The number of benzene rings is 2. The second-order valence-electron chi connectivity index (χ2n) is 4.84. The Hall–Kier alpha value is -2.50. The van der Waals surface area contributed by atoms with Gasteiger partial charge >= 0.3 is 0 Å². The van der Waals surface area contributed by atoms with Crippen molar-refractivity contribution in [3.05, 3.63) is 53.6 Å². The van der Waals surface area contributed by atoms with Gasteiger partial charge in [0.15, 0.2) is 11.5 Å². The molecule has 3 N–H and O–H groups in total. The van der Waals surface area contributed by atoms with Gasteiger partial charge in [0.1, 0.15) is 12.4 Å². The van der Waals surface area contributed by atoms with Crippen molar-refractivity contribution in [2.45, 2.75) is 0 Å². The van der Waals surface area contributed by atoms with Crippen LogP contribution in [0.2, 0.25) is 0 Å². The van der Waals surface area contributed by atoms with E-state index in [2.05, 4.69) is 0 Å². The number of hydrogen-bond donors (Lipinski definition) is 3. The van der Waals surface area contributed by atoms with Crippen molar-refractivity contribution in [1.82, 2.24) is 0 Å². The molecular formula is C18H20O5. The molecule has 2 aromatic carbocycles. The third kappa shape index (κ3) is 5.65. The lowest BCUT2D eigenvalue weighted by atomic mass is 10.1. The molecule has 0 aliphatic heterocycles. The Kier molecular flexibility index (Phi) is 6.47. The summed E-state index contributed by atoms with van der Waals surface area (Å²) in [5.74, 6) is 0.672. The molecule has 0 heterocycles. The number of rotatable bonds is 8. The molecule has 0 atom stereocenters. The maximum Gasteiger partial charge on any atom is 0.161 e. The molecule has 122 valence electrons. The van der Waals surface area contributed by atoms with Gasteiger partial charge in [-0.1, -0.05) is 30.4 Å². The number of ether oxygens (including phenoxy) is 2. The van der Waals surface area contributed by atoms with Crippen molar-refractivity contribution in [3.8, 4) is 17.2 Å². The summed E-state index contributed by atoms with van der Waals surface area (Å²) in [6.07, 6.45) is 3.79. The fourth-order valence-corrected chi connectivity index (χ4v) is 1.91. The number of hydrogen-bond acceptors (Lipinski definition) is 5. The summed E-state index contributed by atoms with van der Waals surface area (Å²) in [6.45, 7) is 0.875. The van der Waals surface area contributed by atoms with Crippen LogP contribution < -0.4 is 4.74 Å². The fraction of sp³-hybridized carbons (Fsp3) is 0.222. The molecule has 0 fully saturated rings. The van der Waals surface area contributed by atoms with E-state index >= 15 is 0 Å². The number of phenols is 2. The summed E-state index contributed by atoms with van der Waals surface area (Å²) in [5.41, 5.74) is 1.83. The van der Waals surface area contributed by atoms with Crippen molar-refractivity contribution >= 4 is 12.2 Å². The minimum atomic E-state index is -0.0250.